The topological polar surface area (TPSA) is 26.0 Å². The highest BCUT2D eigenvalue weighted by Gasteiger charge is 2.08. The van der Waals surface area contributed by atoms with Crippen molar-refractivity contribution < 1.29 is 4.39 Å². The van der Waals surface area contributed by atoms with Crippen LogP contribution in [-0.4, -0.2) is 6.04 Å². The first kappa shape index (κ1) is 9.63. The van der Waals surface area contributed by atoms with Crippen molar-refractivity contribution in [1.29, 1.82) is 0 Å². The number of hydrogen-bond acceptors (Lipinski definition) is 1. The molecule has 0 amide bonds. The molecule has 2 N–H and O–H groups in total. The van der Waals surface area contributed by atoms with Crippen LogP contribution in [0.3, 0.4) is 0 Å². The van der Waals surface area contributed by atoms with Gasteiger partial charge in [-0.2, -0.15) is 0 Å². The third kappa shape index (κ3) is 3.62. The summed E-state index contributed by atoms with van der Waals surface area (Å²) in [5.41, 5.74) is 5.49. The van der Waals surface area contributed by atoms with Crippen LogP contribution in [0.25, 0.3) is 0 Å². The molecule has 1 atom stereocenters. The van der Waals surface area contributed by atoms with Gasteiger partial charge in [0.2, 0.25) is 0 Å². The Morgan fingerprint density at radius 3 is 2.50 bits per heavy atom. The highest BCUT2D eigenvalue weighted by atomic mass is 19.1. The Morgan fingerprint density at radius 1 is 1.60 bits per heavy atom. The third-order valence-corrected chi connectivity index (χ3v) is 1.40. The molecule has 0 heterocycles. The molecule has 10 heavy (non-hydrogen) atoms. The predicted octanol–water partition coefficient (Wildman–Crippen LogP) is 2.38. The Kier molecular flexibility index (Phi) is 5.22. The molecule has 1 aliphatic rings. The van der Waals surface area contributed by atoms with E-state index in [0.717, 1.165) is 6.42 Å². The van der Waals surface area contributed by atoms with Crippen molar-refractivity contribution in [2.45, 2.75) is 39.2 Å². The lowest BCUT2D eigenvalue weighted by Gasteiger charge is -2.12. The molecule has 0 aromatic rings. The first-order valence-corrected chi connectivity index (χ1v) is 3.89. The Morgan fingerprint density at radius 2 is 2.20 bits per heavy atom. The largest absolute Gasteiger partial charge is 0.327 e. The Bertz CT molecular complexity index is 110. The van der Waals surface area contributed by atoms with Gasteiger partial charge in [0.25, 0.3) is 0 Å². The van der Waals surface area contributed by atoms with Crippen molar-refractivity contribution in [1.82, 2.24) is 0 Å². The Hall–Kier alpha value is -0.370. The normalized spacial score (nSPS) is 24.4. The van der Waals surface area contributed by atoms with Gasteiger partial charge in [-0.3, -0.25) is 0 Å². The summed E-state index contributed by atoms with van der Waals surface area (Å²) >= 11 is 0. The zero-order valence-electron chi connectivity index (χ0n) is 6.73. The van der Waals surface area contributed by atoms with Gasteiger partial charge in [-0.1, -0.05) is 19.9 Å². The monoisotopic (exact) mass is 145 g/mol. The van der Waals surface area contributed by atoms with Crippen LogP contribution in [0, 0.1) is 0 Å². The van der Waals surface area contributed by atoms with Crippen molar-refractivity contribution in [3.63, 3.8) is 0 Å². The zero-order valence-corrected chi connectivity index (χ0v) is 6.73. The van der Waals surface area contributed by atoms with Crippen molar-refractivity contribution >= 4 is 0 Å². The van der Waals surface area contributed by atoms with Gasteiger partial charge in [-0.15, -0.1) is 0 Å². The fraction of sp³-hybridized carbons (Fsp3) is 0.750. The van der Waals surface area contributed by atoms with E-state index in [1.165, 1.54) is 0 Å². The van der Waals surface area contributed by atoms with Gasteiger partial charge < -0.3 is 5.73 Å². The number of rotatable bonds is 0. The second-order valence-corrected chi connectivity index (χ2v) is 2.19. The van der Waals surface area contributed by atoms with Crippen LogP contribution in [0.2, 0.25) is 0 Å². The zero-order chi connectivity index (χ0) is 7.98. The molecule has 0 aliphatic heterocycles. The highest BCUT2D eigenvalue weighted by Crippen LogP contribution is 2.16. The van der Waals surface area contributed by atoms with E-state index in [1.807, 2.05) is 13.8 Å². The molecule has 1 nitrogen and oxygen atoms in total. The maximum absolute atomic E-state index is 12.2. The van der Waals surface area contributed by atoms with Gasteiger partial charge in [0.15, 0.2) is 0 Å². The third-order valence-electron chi connectivity index (χ3n) is 1.40. The lowest BCUT2D eigenvalue weighted by molar-refractivity contribution is 0.495. The molecular formula is C8H16FN. The summed E-state index contributed by atoms with van der Waals surface area (Å²) in [6, 6.07) is 0.203. The van der Waals surface area contributed by atoms with Crippen LogP contribution < -0.4 is 5.73 Å². The molecule has 0 spiro atoms. The van der Waals surface area contributed by atoms with Crippen LogP contribution >= 0.6 is 0 Å². The van der Waals surface area contributed by atoms with Gasteiger partial charge in [0.05, 0.1) is 5.83 Å². The minimum atomic E-state index is 0.00620. The van der Waals surface area contributed by atoms with E-state index in [0.29, 0.717) is 12.8 Å². The van der Waals surface area contributed by atoms with Crippen molar-refractivity contribution in [2.75, 3.05) is 0 Å². The van der Waals surface area contributed by atoms with Crippen LogP contribution in [0.1, 0.15) is 33.1 Å². The predicted molar refractivity (Wildman–Crippen MR) is 42.4 cm³/mol. The van der Waals surface area contributed by atoms with Crippen molar-refractivity contribution in [3.05, 3.63) is 11.9 Å². The van der Waals surface area contributed by atoms with E-state index in [1.54, 1.807) is 6.08 Å². The molecule has 2 heteroatoms. The Labute approximate surface area is 62.1 Å². The summed E-state index contributed by atoms with van der Waals surface area (Å²) in [7, 11) is 0. The molecule has 0 fully saturated rings. The maximum Gasteiger partial charge on any atom is 0.0961 e. The number of hydrogen-bond donors (Lipinski definition) is 1. The SMILES string of the molecule is CC.NC1CC=C(F)CC1. The quantitative estimate of drug-likeness (QED) is 0.556. The van der Waals surface area contributed by atoms with Crippen LogP contribution in [0.15, 0.2) is 11.9 Å². The van der Waals surface area contributed by atoms with Gasteiger partial charge in [0.1, 0.15) is 0 Å². The van der Waals surface area contributed by atoms with Gasteiger partial charge in [-0.05, 0) is 12.8 Å². The van der Waals surface area contributed by atoms with Crippen LogP contribution in [0.4, 0.5) is 4.39 Å². The molecule has 0 aromatic carbocycles. The van der Waals surface area contributed by atoms with E-state index < -0.39 is 0 Å². The minimum absolute atomic E-state index is 0.00620. The summed E-state index contributed by atoms with van der Waals surface area (Å²) in [5.74, 6) is 0.00620. The average molecular weight is 145 g/mol. The molecule has 1 unspecified atom stereocenters. The second-order valence-electron chi connectivity index (χ2n) is 2.19. The highest BCUT2D eigenvalue weighted by molar-refractivity contribution is 4.98. The number of nitrogens with two attached hydrogens (primary N) is 1. The maximum atomic E-state index is 12.2. The molecule has 0 saturated carbocycles. The molecule has 1 aliphatic carbocycles. The van der Waals surface area contributed by atoms with Gasteiger partial charge in [0, 0.05) is 12.5 Å². The summed E-state index contributed by atoms with van der Waals surface area (Å²) in [5, 5.41) is 0. The Balaban J connectivity index is 0.000000371. The molecule has 0 aromatic heterocycles. The smallest absolute Gasteiger partial charge is 0.0961 e. The van der Waals surface area contributed by atoms with Crippen molar-refractivity contribution in [3.8, 4) is 0 Å². The molecule has 60 valence electrons. The molecule has 0 bridgehead atoms. The first-order valence-electron chi connectivity index (χ1n) is 3.89. The van der Waals surface area contributed by atoms with Crippen molar-refractivity contribution in [2.24, 2.45) is 5.73 Å². The van der Waals surface area contributed by atoms with Gasteiger partial charge in [-0.25, -0.2) is 4.39 Å². The van der Waals surface area contributed by atoms with E-state index >= 15 is 0 Å². The lowest BCUT2D eigenvalue weighted by atomic mass is 10.0. The van der Waals surface area contributed by atoms with E-state index in [9.17, 15) is 4.39 Å². The number of halogens is 1. The molecular weight excluding hydrogens is 129 g/mol. The van der Waals surface area contributed by atoms with Crippen LogP contribution in [-0.2, 0) is 0 Å². The first-order chi connectivity index (χ1) is 4.79. The average Bonchev–Trinajstić information content (AvgIpc) is 2.00. The molecule has 1 rings (SSSR count). The fourth-order valence-corrected chi connectivity index (χ4v) is 0.822. The minimum Gasteiger partial charge on any atom is -0.327 e. The van der Waals surface area contributed by atoms with Gasteiger partial charge >= 0.3 is 0 Å². The molecule has 0 saturated heterocycles. The fourth-order valence-electron chi connectivity index (χ4n) is 0.822. The summed E-state index contributed by atoms with van der Waals surface area (Å²) in [4.78, 5) is 0. The number of allylic oxidation sites excluding steroid dienone is 1. The lowest BCUT2D eigenvalue weighted by Crippen LogP contribution is -2.20. The standard InChI is InChI=1S/C6H10FN.C2H6/c7-5-1-3-6(8)4-2-5;1-2/h1,6H,2-4,8H2;1-2H3. The molecule has 0 radical (unpaired) electrons. The van der Waals surface area contributed by atoms with Crippen LogP contribution in [0.5, 0.6) is 0 Å². The van der Waals surface area contributed by atoms with E-state index in [2.05, 4.69) is 0 Å². The summed E-state index contributed by atoms with van der Waals surface area (Å²) < 4.78 is 12.2. The van der Waals surface area contributed by atoms with E-state index in [-0.39, 0.29) is 11.9 Å². The summed E-state index contributed by atoms with van der Waals surface area (Å²) in [6.45, 7) is 4.00. The van der Waals surface area contributed by atoms with E-state index in [4.69, 9.17) is 5.73 Å². The second kappa shape index (κ2) is 5.42. The summed E-state index contributed by atoms with van der Waals surface area (Å²) in [6.07, 6.45) is 3.64.